The van der Waals surface area contributed by atoms with Crippen molar-refractivity contribution in [3.63, 3.8) is 0 Å². The summed E-state index contributed by atoms with van der Waals surface area (Å²) in [7, 11) is 0. The molecule has 1 aliphatic heterocycles. The molecule has 0 fully saturated rings. The average molecular weight is 720 g/mol. The largest absolute Gasteiger partial charge is 0.324 e. The van der Waals surface area contributed by atoms with Crippen molar-refractivity contribution in [1.82, 2.24) is 24.4 Å². The van der Waals surface area contributed by atoms with Crippen LogP contribution in [0.5, 0.6) is 0 Å². The predicted molar refractivity (Wildman–Crippen MR) is 228 cm³/mol. The fourth-order valence-corrected chi connectivity index (χ4v) is 8.02. The van der Waals surface area contributed by atoms with Crippen LogP contribution in [0.2, 0.25) is 0 Å². The van der Waals surface area contributed by atoms with Crippen LogP contribution >= 0.6 is 0 Å². The van der Waals surface area contributed by atoms with Gasteiger partial charge < -0.3 is 9.88 Å². The number of benzene rings is 7. The van der Waals surface area contributed by atoms with Crippen molar-refractivity contribution in [2.75, 3.05) is 0 Å². The number of hydrogen-bond acceptors (Lipinski definition) is 5. The Bertz CT molecular complexity index is 3130. The molecular formula is C49H33N7. The zero-order chi connectivity index (χ0) is 37.0. The highest BCUT2D eigenvalue weighted by molar-refractivity contribution is 6.19. The van der Waals surface area contributed by atoms with Gasteiger partial charge in [0.1, 0.15) is 11.7 Å². The van der Waals surface area contributed by atoms with Gasteiger partial charge in [-0.15, -0.1) is 0 Å². The monoisotopic (exact) mass is 719 g/mol. The molecule has 1 atom stereocenters. The van der Waals surface area contributed by atoms with Crippen molar-refractivity contribution >= 4 is 55.3 Å². The predicted octanol–water partition coefficient (Wildman–Crippen LogP) is 10.8. The van der Waals surface area contributed by atoms with Crippen molar-refractivity contribution in [2.45, 2.75) is 6.17 Å². The Morgan fingerprint density at radius 2 is 0.857 bits per heavy atom. The highest BCUT2D eigenvalue weighted by Gasteiger charge is 2.23. The lowest BCUT2D eigenvalue weighted by Crippen LogP contribution is -2.36. The van der Waals surface area contributed by atoms with Crippen molar-refractivity contribution in [3.05, 3.63) is 205 Å². The maximum absolute atomic E-state index is 5.11. The van der Waals surface area contributed by atoms with Crippen molar-refractivity contribution < 1.29 is 0 Å². The van der Waals surface area contributed by atoms with E-state index in [1.54, 1.807) is 0 Å². The summed E-state index contributed by atoms with van der Waals surface area (Å²) < 4.78 is 4.52. The van der Waals surface area contributed by atoms with Crippen LogP contribution in [0, 0.1) is 0 Å². The second kappa shape index (κ2) is 13.0. The molecule has 7 nitrogen and oxygen atoms in total. The number of rotatable bonds is 6. The number of hydrogen-bond donors (Lipinski definition) is 1. The van der Waals surface area contributed by atoms with E-state index >= 15 is 0 Å². The van der Waals surface area contributed by atoms with Crippen molar-refractivity contribution in [3.8, 4) is 22.8 Å². The van der Waals surface area contributed by atoms with E-state index in [0.29, 0.717) is 5.95 Å². The van der Waals surface area contributed by atoms with E-state index in [-0.39, 0.29) is 0 Å². The van der Waals surface area contributed by atoms with Crippen molar-refractivity contribution in [1.29, 1.82) is 0 Å². The van der Waals surface area contributed by atoms with E-state index in [1.165, 1.54) is 21.9 Å². The van der Waals surface area contributed by atoms with Gasteiger partial charge in [-0.1, -0.05) is 140 Å². The number of fused-ring (bicyclic) bond motifs is 6. The first-order chi connectivity index (χ1) is 27.8. The second-order valence-corrected chi connectivity index (χ2v) is 14.0. The maximum Gasteiger partial charge on any atom is 0.234 e. The van der Waals surface area contributed by atoms with Gasteiger partial charge in [-0.05, 0) is 47.5 Å². The molecule has 56 heavy (non-hydrogen) atoms. The lowest BCUT2D eigenvalue weighted by molar-refractivity contribution is 0.742. The Labute approximate surface area is 322 Å². The van der Waals surface area contributed by atoms with E-state index in [2.05, 4.69) is 166 Å². The van der Waals surface area contributed by atoms with Gasteiger partial charge in [-0.25, -0.2) is 20.0 Å². The second-order valence-electron chi connectivity index (χ2n) is 14.0. The molecule has 0 saturated carbocycles. The Morgan fingerprint density at radius 1 is 0.393 bits per heavy atom. The summed E-state index contributed by atoms with van der Waals surface area (Å²) in [5.74, 6) is 2.08. The molecule has 7 aromatic carbocycles. The Kier molecular flexibility index (Phi) is 7.41. The van der Waals surface area contributed by atoms with Gasteiger partial charge in [0.15, 0.2) is 6.17 Å². The van der Waals surface area contributed by atoms with Gasteiger partial charge in [0, 0.05) is 56.3 Å². The number of nitrogens with zero attached hydrogens (tertiary/aromatic N) is 6. The maximum atomic E-state index is 5.11. The first-order valence-electron chi connectivity index (χ1n) is 18.7. The number of aromatic nitrogens is 4. The Hall–Kier alpha value is -7.64. The van der Waals surface area contributed by atoms with E-state index in [1.807, 2.05) is 36.7 Å². The average Bonchev–Trinajstić information content (AvgIpc) is 3.78. The molecule has 4 heterocycles. The van der Waals surface area contributed by atoms with Crippen LogP contribution in [0.15, 0.2) is 198 Å². The zero-order valence-corrected chi connectivity index (χ0v) is 30.2. The third-order valence-electron chi connectivity index (χ3n) is 10.7. The normalized spacial score (nSPS) is 14.2. The standard InChI is InChI=1S/C49H33N7/c1-4-14-32(15-5-1)33-24-26-35(27-25-33)47-52-46(34-16-6-2-7-17-34)53-48(54-47)36-30-50-49(51-31-36)56-43-23-13-11-21-39(43)41-28-40-38-20-10-12-22-42(38)55(44(40)29-45(41)56)37-18-8-3-9-19-37/h1-31,48H,(H,52,53,54). The Balaban J connectivity index is 1.03. The highest BCUT2D eigenvalue weighted by Crippen LogP contribution is 2.39. The summed E-state index contributed by atoms with van der Waals surface area (Å²) in [5.41, 5.74) is 10.6. The minimum Gasteiger partial charge on any atom is -0.324 e. The summed E-state index contributed by atoms with van der Waals surface area (Å²) in [6.45, 7) is 0. The molecule has 10 aromatic rings. The van der Waals surface area contributed by atoms with E-state index in [4.69, 9.17) is 20.0 Å². The quantitative estimate of drug-likeness (QED) is 0.186. The molecule has 7 heteroatoms. The number of para-hydroxylation sites is 3. The highest BCUT2D eigenvalue weighted by atomic mass is 15.2. The van der Waals surface area contributed by atoms with Gasteiger partial charge >= 0.3 is 0 Å². The van der Waals surface area contributed by atoms with Gasteiger partial charge in [0.2, 0.25) is 5.95 Å². The third-order valence-corrected chi connectivity index (χ3v) is 10.7. The Morgan fingerprint density at radius 3 is 1.48 bits per heavy atom. The fourth-order valence-electron chi connectivity index (χ4n) is 8.02. The number of nitrogens with one attached hydrogen (secondary N) is 1. The van der Waals surface area contributed by atoms with Gasteiger partial charge in [-0.2, -0.15) is 0 Å². The summed E-state index contributed by atoms with van der Waals surface area (Å²) in [6.07, 6.45) is 3.19. The topological polar surface area (TPSA) is 72.4 Å². The fraction of sp³-hybridized carbons (Fsp3) is 0.0204. The summed E-state index contributed by atoms with van der Waals surface area (Å²) in [5, 5.41) is 8.24. The van der Waals surface area contributed by atoms with E-state index in [9.17, 15) is 0 Å². The van der Waals surface area contributed by atoms with Crippen molar-refractivity contribution in [2.24, 2.45) is 9.98 Å². The van der Waals surface area contributed by atoms with Crippen LogP contribution in [0.3, 0.4) is 0 Å². The zero-order valence-electron chi connectivity index (χ0n) is 30.2. The molecule has 3 aromatic heterocycles. The van der Waals surface area contributed by atoms with E-state index < -0.39 is 6.17 Å². The first-order valence-corrected chi connectivity index (χ1v) is 18.7. The summed E-state index contributed by atoms with van der Waals surface area (Å²) in [4.78, 5) is 20.2. The smallest absolute Gasteiger partial charge is 0.234 e. The van der Waals surface area contributed by atoms with Gasteiger partial charge in [-0.3, -0.25) is 4.57 Å². The van der Waals surface area contributed by atoms with Crippen LogP contribution in [0.25, 0.3) is 66.4 Å². The van der Waals surface area contributed by atoms with Gasteiger partial charge in [0.05, 0.1) is 22.1 Å². The minimum atomic E-state index is -0.538. The molecule has 0 aliphatic carbocycles. The van der Waals surface area contributed by atoms with Crippen LogP contribution in [0.1, 0.15) is 22.9 Å². The molecule has 11 rings (SSSR count). The minimum absolute atomic E-state index is 0.538. The molecule has 0 amide bonds. The molecule has 1 unspecified atom stereocenters. The molecule has 1 aliphatic rings. The number of aliphatic imine (C=N–C) groups is 2. The van der Waals surface area contributed by atoms with E-state index in [0.717, 1.165) is 66.9 Å². The molecule has 264 valence electrons. The summed E-state index contributed by atoms with van der Waals surface area (Å²) in [6, 6.07) is 61.3. The van der Waals surface area contributed by atoms with Crippen LogP contribution < -0.4 is 5.32 Å². The van der Waals surface area contributed by atoms with Crippen LogP contribution in [-0.4, -0.2) is 30.8 Å². The molecule has 0 spiro atoms. The molecule has 0 bridgehead atoms. The van der Waals surface area contributed by atoms with Crippen LogP contribution in [-0.2, 0) is 0 Å². The third kappa shape index (κ3) is 5.28. The van der Waals surface area contributed by atoms with Gasteiger partial charge in [0.25, 0.3) is 0 Å². The molecular weight excluding hydrogens is 687 g/mol. The lowest BCUT2D eigenvalue weighted by atomic mass is 10.0. The molecule has 1 N–H and O–H groups in total. The lowest BCUT2D eigenvalue weighted by Gasteiger charge is -2.22. The summed E-state index contributed by atoms with van der Waals surface area (Å²) >= 11 is 0. The SMILES string of the molecule is c1ccc(C2=NC(c3cnc(-n4c5ccccc5c5cc6c7ccccc7n(-c7ccccc7)c6cc54)nc3)N=C(c3ccc(-c4ccccc4)cc3)N2)cc1. The first kappa shape index (κ1) is 31.8. The molecule has 0 radical (unpaired) electrons. The molecule has 0 saturated heterocycles. The number of amidine groups is 2. The van der Waals surface area contributed by atoms with Crippen LogP contribution in [0.4, 0.5) is 0 Å².